The Hall–Kier alpha value is -6.90. The van der Waals surface area contributed by atoms with Crippen LogP contribution in [0.5, 0.6) is 0 Å². The molecule has 0 spiro atoms. The maximum atomic E-state index is 6.28. The summed E-state index contributed by atoms with van der Waals surface area (Å²) in [5, 5.41) is 9.77. The van der Waals surface area contributed by atoms with Gasteiger partial charge in [0.1, 0.15) is 22.3 Å². The topological polar surface area (TPSA) is 26.3 Å². The summed E-state index contributed by atoms with van der Waals surface area (Å²) in [6.45, 7) is 9.67. The van der Waals surface area contributed by atoms with Crippen molar-refractivity contribution in [1.82, 2.24) is 0 Å². The van der Waals surface area contributed by atoms with Crippen molar-refractivity contribution >= 4 is 65.4 Å². The van der Waals surface area contributed by atoms with Gasteiger partial charge < -0.3 is 8.83 Å². The van der Waals surface area contributed by atoms with Crippen LogP contribution in [0.2, 0.25) is 0 Å². The van der Waals surface area contributed by atoms with Gasteiger partial charge in [0.05, 0.1) is 0 Å². The van der Waals surface area contributed by atoms with Gasteiger partial charge in [-0.15, -0.1) is 0 Å². The Kier molecular flexibility index (Phi) is 6.07. The van der Waals surface area contributed by atoms with Gasteiger partial charge in [-0.05, 0) is 143 Å². The number of rotatable bonds is 2. The van der Waals surface area contributed by atoms with E-state index >= 15 is 0 Å². The molecule has 0 bridgehead atoms. The lowest BCUT2D eigenvalue weighted by molar-refractivity contribution is 0.639. The van der Waals surface area contributed by atoms with E-state index < -0.39 is 0 Å². The number of hydrogen-bond acceptors (Lipinski definition) is 2. The summed E-state index contributed by atoms with van der Waals surface area (Å²) >= 11 is 0. The molecule has 2 aromatic heterocycles. The van der Waals surface area contributed by atoms with E-state index in [2.05, 4.69) is 167 Å². The largest absolute Gasteiger partial charge is 0.456 e. The maximum absolute atomic E-state index is 6.28. The highest BCUT2D eigenvalue weighted by Gasteiger charge is 2.43. The highest BCUT2D eigenvalue weighted by atomic mass is 16.3. The van der Waals surface area contributed by atoms with Crippen LogP contribution in [0.1, 0.15) is 49.9 Å². The molecule has 2 heteroatoms. The number of furan rings is 2. The minimum absolute atomic E-state index is 0.167. The molecule has 0 aliphatic heterocycles. The number of fused-ring (bicyclic) bond motifs is 16. The fourth-order valence-electron chi connectivity index (χ4n) is 10.8. The zero-order chi connectivity index (χ0) is 38.7. The van der Waals surface area contributed by atoms with Crippen LogP contribution in [0.4, 0.5) is 0 Å². The van der Waals surface area contributed by atoms with Crippen molar-refractivity contribution in [3.05, 3.63) is 180 Å². The fourth-order valence-corrected chi connectivity index (χ4v) is 10.8. The van der Waals surface area contributed by atoms with E-state index in [-0.39, 0.29) is 10.8 Å². The van der Waals surface area contributed by atoms with Crippen molar-refractivity contribution in [3.8, 4) is 44.5 Å². The predicted octanol–water partition coefficient (Wildman–Crippen LogP) is 15.7. The van der Waals surface area contributed by atoms with E-state index in [0.29, 0.717) is 0 Å². The Balaban J connectivity index is 1.02. The van der Waals surface area contributed by atoms with Crippen molar-refractivity contribution < 1.29 is 8.83 Å². The summed E-state index contributed by atoms with van der Waals surface area (Å²) in [7, 11) is 0. The van der Waals surface area contributed by atoms with E-state index in [0.717, 1.165) is 43.9 Å². The van der Waals surface area contributed by atoms with Crippen LogP contribution in [0.25, 0.3) is 110 Å². The summed E-state index contributed by atoms with van der Waals surface area (Å²) in [5.41, 5.74) is 19.2. The van der Waals surface area contributed by atoms with Gasteiger partial charge in [0.15, 0.2) is 0 Å². The molecule has 58 heavy (non-hydrogen) atoms. The lowest BCUT2D eigenvalue weighted by Gasteiger charge is -2.26. The van der Waals surface area contributed by atoms with E-state index in [9.17, 15) is 0 Å². The van der Waals surface area contributed by atoms with Gasteiger partial charge in [0, 0.05) is 32.4 Å². The smallest absolute Gasteiger partial charge is 0.135 e. The fraction of sp³-hybridized carbons (Fsp3) is 0.107. The lowest BCUT2D eigenvalue weighted by atomic mass is 9.77. The normalized spacial score (nSPS) is 14.8. The zero-order valence-corrected chi connectivity index (χ0v) is 32.8. The van der Waals surface area contributed by atoms with Gasteiger partial charge in [0.25, 0.3) is 0 Å². The first-order valence-electron chi connectivity index (χ1n) is 20.4. The third-order valence-corrected chi connectivity index (χ3v) is 13.9. The molecule has 2 aliphatic rings. The van der Waals surface area contributed by atoms with Gasteiger partial charge in [-0.1, -0.05) is 131 Å². The van der Waals surface area contributed by atoms with Crippen LogP contribution in [0.3, 0.4) is 0 Å². The minimum Gasteiger partial charge on any atom is -0.456 e. The maximum Gasteiger partial charge on any atom is 0.135 e. The molecule has 2 aliphatic carbocycles. The first-order valence-corrected chi connectivity index (χ1v) is 20.4. The van der Waals surface area contributed by atoms with Crippen LogP contribution in [0, 0.1) is 0 Å². The first kappa shape index (κ1) is 32.2. The molecule has 11 aromatic rings. The van der Waals surface area contributed by atoms with E-state index in [1.165, 1.54) is 88.3 Å². The SMILES string of the molecule is CC1(C)c2cc(-c3ccc4oc5ccccc5c4c3)ccc2-c2cc3c(cc21)C(C)(C)c1cc(-c2ccc4oc5ccccc5c4c2)c2c(ccc4ccccc42)c1-3. The number of para-hydroxylation sites is 2. The van der Waals surface area contributed by atoms with Crippen LogP contribution in [-0.2, 0) is 10.8 Å². The van der Waals surface area contributed by atoms with Crippen molar-refractivity contribution in [2.75, 3.05) is 0 Å². The minimum atomic E-state index is -0.209. The molecule has 0 fully saturated rings. The van der Waals surface area contributed by atoms with E-state index in [1.807, 2.05) is 18.2 Å². The predicted molar refractivity (Wildman–Crippen MR) is 242 cm³/mol. The van der Waals surface area contributed by atoms with Crippen molar-refractivity contribution in [2.45, 2.75) is 38.5 Å². The summed E-state index contributed by atoms with van der Waals surface area (Å²) in [6.07, 6.45) is 0. The Bertz CT molecular complexity index is 3620. The van der Waals surface area contributed by atoms with Crippen LogP contribution >= 0.6 is 0 Å². The lowest BCUT2D eigenvalue weighted by Crippen LogP contribution is -2.19. The van der Waals surface area contributed by atoms with Crippen molar-refractivity contribution in [2.24, 2.45) is 0 Å². The quantitative estimate of drug-likeness (QED) is 0.165. The van der Waals surface area contributed by atoms with Gasteiger partial charge in [0.2, 0.25) is 0 Å². The van der Waals surface area contributed by atoms with Gasteiger partial charge >= 0.3 is 0 Å². The molecule has 9 aromatic carbocycles. The molecule has 2 nitrogen and oxygen atoms in total. The molecule has 0 atom stereocenters. The standard InChI is InChI=1S/C56H38O2/c1-55(2)45-27-33(32-19-23-51-42(25-32)37-13-7-9-15-49(37)57-51)18-21-36(45)41-28-44-47(30-46(41)55)56(3,4)48-29-40(53-35-12-6-5-11-31(35)17-22-39(53)54(44)48)34-20-24-52-43(26-34)38-14-8-10-16-50(38)58-52/h5-30H,1-4H3. The first-order chi connectivity index (χ1) is 28.2. The zero-order valence-electron chi connectivity index (χ0n) is 32.8. The highest BCUT2D eigenvalue weighted by Crippen LogP contribution is 2.59. The summed E-state index contributed by atoms with van der Waals surface area (Å²) in [5.74, 6) is 0. The van der Waals surface area contributed by atoms with Gasteiger partial charge in [-0.3, -0.25) is 0 Å². The second-order valence-corrected chi connectivity index (χ2v) is 17.6. The van der Waals surface area contributed by atoms with Crippen molar-refractivity contribution in [3.63, 3.8) is 0 Å². The van der Waals surface area contributed by atoms with Crippen LogP contribution in [-0.4, -0.2) is 0 Å². The molecule has 274 valence electrons. The molecular formula is C56H38O2. The Morgan fingerprint density at radius 1 is 0.328 bits per heavy atom. The molecule has 0 N–H and O–H groups in total. The van der Waals surface area contributed by atoms with Gasteiger partial charge in [-0.2, -0.15) is 0 Å². The van der Waals surface area contributed by atoms with Crippen LogP contribution < -0.4 is 0 Å². The molecule has 0 saturated heterocycles. The van der Waals surface area contributed by atoms with E-state index in [4.69, 9.17) is 8.83 Å². The Morgan fingerprint density at radius 2 is 0.879 bits per heavy atom. The highest BCUT2D eigenvalue weighted by molar-refractivity contribution is 6.21. The summed E-state index contributed by atoms with van der Waals surface area (Å²) in [6, 6.07) is 58.4. The Labute approximate surface area is 336 Å². The molecule has 0 unspecified atom stereocenters. The summed E-state index contributed by atoms with van der Waals surface area (Å²) < 4.78 is 12.5. The third-order valence-electron chi connectivity index (χ3n) is 13.9. The van der Waals surface area contributed by atoms with E-state index in [1.54, 1.807) is 0 Å². The van der Waals surface area contributed by atoms with Crippen LogP contribution in [0.15, 0.2) is 167 Å². The molecule has 0 radical (unpaired) electrons. The molecule has 2 heterocycles. The average Bonchev–Trinajstić information content (AvgIpc) is 3.94. The monoisotopic (exact) mass is 742 g/mol. The molecule has 0 saturated carbocycles. The second kappa shape index (κ2) is 10.9. The third kappa shape index (κ3) is 4.12. The number of hydrogen-bond donors (Lipinski definition) is 0. The Morgan fingerprint density at radius 3 is 1.62 bits per heavy atom. The van der Waals surface area contributed by atoms with Crippen molar-refractivity contribution in [1.29, 1.82) is 0 Å². The summed E-state index contributed by atoms with van der Waals surface area (Å²) in [4.78, 5) is 0. The average molecular weight is 743 g/mol. The molecular weight excluding hydrogens is 705 g/mol. The molecule has 0 amide bonds. The second-order valence-electron chi connectivity index (χ2n) is 17.6. The van der Waals surface area contributed by atoms with Gasteiger partial charge in [-0.25, -0.2) is 0 Å². The number of benzene rings is 9. The molecule has 13 rings (SSSR count).